The monoisotopic (exact) mass is 252 g/mol. The van der Waals surface area contributed by atoms with Gasteiger partial charge in [0.2, 0.25) is 0 Å². The number of carboxylic acids is 1. The van der Waals surface area contributed by atoms with Gasteiger partial charge in [-0.3, -0.25) is 0 Å². The maximum atomic E-state index is 10.8. The smallest absolute Gasteiger partial charge is 0.354 e. The van der Waals surface area contributed by atoms with Gasteiger partial charge in [0, 0.05) is 13.1 Å². The van der Waals surface area contributed by atoms with Gasteiger partial charge in [-0.25, -0.2) is 9.78 Å². The van der Waals surface area contributed by atoms with Crippen molar-refractivity contribution >= 4 is 5.97 Å². The lowest BCUT2D eigenvalue weighted by atomic mass is 9.98. The summed E-state index contributed by atoms with van der Waals surface area (Å²) in [5.41, 5.74) is -0.00951. The molecule has 0 spiro atoms. The quantitative estimate of drug-likeness (QED) is 0.683. The van der Waals surface area contributed by atoms with Crippen LogP contribution in [0.4, 0.5) is 0 Å². The molecule has 0 unspecified atom stereocenters. The van der Waals surface area contributed by atoms with Crippen LogP contribution in [0.1, 0.15) is 42.9 Å². The van der Waals surface area contributed by atoms with Crippen molar-refractivity contribution < 1.29 is 15.0 Å². The molecule has 0 saturated carbocycles. The predicted octanol–water partition coefficient (Wildman–Crippen LogP) is 1.42. The number of aromatic nitrogens is 1. The third-order valence-corrected chi connectivity index (χ3v) is 3.10. The van der Waals surface area contributed by atoms with Crippen molar-refractivity contribution in [2.45, 2.75) is 38.8 Å². The van der Waals surface area contributed by atoms with Crippen molar-refractivity contribution in [1.82, 2.24) is 10.3 Å². The van der Waals surface area contributed by atoms with Crippen molar-refractivity contribution in [2.75, 3.05) is 6.54 Å². The van der Waals surface area contributed by atoms with Gasteiger partial charge in [-0.2, -0.15) is 0 Å². The zero-order chi connectivity index (χ0) is 13.6. The minimum absolute atomic E-state index is 0.0375. The number of hydrogen-bond donors (Lipinski definition) is 3. The van der Waals surface area contributed by atoms with E-state index in [1.165, 1.54) is 6.07 Å². The van der Waals surface area contributed by atoms with Gasteiger partial charge >= 0.3 is 5.97 Å². The zero-order valence-electron chi connectivity index (χ0n) is 10.8. The Kier molecular flexibility index (Phi) is 5.25. The Labute approximate surface area is 107 Å². The van der Waals surface area contributed by atoms with E-state index >= 15 is 0 Å². The van der Waals surface area contributed by atoms with Gasteiger partial charge in [0.25, 0.3) is 0 Å². The fourth-order valence-corrected chi connectivity index (χ4v) is 1.62. The lowest BCUT2D eigenvalue weighted by Crippen LogP contribution is -2.39. The van der Waals surface area contributed by atoms with E-state index in [0.717, 1.165) is 0 Å². The van der Waals surface area contributed by atoms with E-state index in [2.05, 4.69) is 10.3 Å². The summed E-state index contributed by atoms with van der Waals surface area (Å²) in [6, 6.07) is 4.88. The number of aliphatic hydroxyl groups is 1. The highest BCUT2D eigenvalue weighted by atomic mass is 16.4. The number of pyridine rings is 1. The molecular weight excluding hydrogens is 232 g/mol. The Morgan fingerprint density at radius 2 is 2.06 bits per heavy atom. The second kappa shape index (κ2) is 6.47. The number of hydrogen-bond acceptors (Lipinski definition) is 4. The van der Waals surface area contributed by atoms with E-state index in [1.54, 1.807) is 12.1 Å². The number of nitrogens with one attached hydrogen (secondary N) is 1. The number of rotatable bonds is 7. The van der Waals surface area contributed by atoms with Crippen LogP contribution in [0.15, 0.2) is 18.2 Å². The van der Waals surface area contributed by atoms with Crippen LogP contribution in [0.3, 0.4) is 0 Å². The molecule has 0 radical (unpaired) electrons. The molecule has 0 bridgehead atoms. The molecule has 0 aliphatic heterocycles. The molecule has 1 aromatic heterocycles. The summed E-state index contributed by atoms with van der Waals surface area (Å²) in [6.07, 6.45) is 1.36. The number of carboxylic acid groups (broad SMARTS) is 1. The van der Waals surface area contributed by atoms with Gasteiger partial charge in [0.15, 0.2) is 0 Å². The van der Waals surface area contributed by atoms with E-state index in [1.807, 2.05) is 13.8 Å². The number of carbonyl (C=O) groups is 1. The Bertz CT molecular complexity index is 403. The third-order valence-electron chi connectivity index (χ3n) is 3.10. The van der Waals surface area contributed by atoms with E-state index in [9.17, 15) is 9.90 Å². The molecule has 0 saturated heterocycles. The summed E-state index contributed by atoms with van der Waals surface area (Å²) >= 11 is 0. The first-order chi connectivity index (χ1) is 8.50. The minimum atomic E-state index is -1.03. The maximum Gasteiger partial charge on any atom is 0.354 e. The first-order valence-electron chi connectivity index (χ1n) is 6.13. The highest BCUT2D eigenvalue weighted by Gasteiger charge is 2.21. The molecule has 0 aliphatic carbocycles. The molecule has 100 valence electrons. The van der Waals surface area contributed by atoms with Crippen LogP contribution < -0.4 is 5.32 Å². The molecule has 0 aromatic carbocycles. The lowest BCUT2D eigenvalue weighted by molar-refractivity contribution is 0.0322. The highest BCUT2D eigenvalue weighted by molar-refractivity contribution is 5.85. The molecule has 5 heteroatoms. The average molecular weight is 252 g/mol. The lowest BCUT2D eigenvalue weighted by Gasteiger charge is -2.25. The Morgan fingerprint density at radius 3 is 2.61 bits per heavy atom. The van der Waals surface area contributed by atoms with Crippen LogP contribution in [0.25, 0.3) is 0 Å². The molecule has 0 atom stereocenters. The van der Waals surface area contributed by atoms with E-state index in [0.29, 0.717) is 31.6 Å². The van der Waals surface area contributed by atoms with Gasteiger partial charge in [0.05, 0.1) is 11.3 Å². The molecule has 0 fully saturated rings. The largest absolute Gasteiger partial charge is 0.477 e. The van der Waals surface area contributed by atoms with Gasteiger partial charge in [-0.15, -0.1) is 0 Å². The molecule has 0 amide bonds. The van der Waals surface area contributed by atoms with Crippen molar-refractivity contribution in [3.8, 4) is 0 Å². The standard InChI is InChI=1S/C13H20N2O3/c1-3-13(18,4-2)9-14-8-10-6-5-7-11(15-10)12(16)17/h5-7,14,18H,3-4,8-9H2,1-2H3,(H,16,17). The van der Waals surface area contributed by atoms with Crippen molar-refractivity contribution in [1.29, 1.82) is 0 Å². The van der Waals surface area contributed by atoms with E-state index in [4.69, 9.17) is 5.11 Å². The predicted molar refractivity (Wildman–Crippen MR) is 68.4 cm³/mol. The van der Waals surface area contributed by atoms with Gasteiger partial charge in [-0.05, 0) is 25.0 Å². The molecule has 18 heavy (non-hydrogen) atoms. The summed E-state index contributed by atoms with van der Waals surface area (Å²) in [4.78, 5) is 14.8. The van der Waals surface area contributed by atoms with Gasteiger partial charge in [0.1, 0.15) is 5.69 Å². The highest BCUT2D eigenvalue weighted by Crippen LogP contribution is 2.13. The topological polar surface area (TPSA) is 82.5 Å². The second-order valence-electron chi connectivity index (χ2n) is 4.35. The second-order valence-corrected chi connectivity index (χ2v) is 4.35. The van der Waals surface area contributed by atoms with Crippen LogP contribution in [-0.2, 0) is 6.54 Å². The molecule has 1 rings (SSSR count). The minimum Gasteiger partial charge on any atom is -0.477 e. The van der Waals surface area contributed by atoms with Crippen LogP contribution in [0.2, 0.25) is 0 Å². The maximum absolute atomic E-state index is 10.8. The van der Waals surface area contributed by atoms with E-state index < -0.39 is 11.6 Å². The normalized spacial score (nSPS) is 11.5. The van der Waals surface area contributed by atoms with Crippen molar-refractivity contribution in [3.05, 3.63) is 29.6 Å². The van der Waals surface area contributed by atoms with Gasteiger partial charge < -0.3 is 15.5 Å². The molecule has 5 nitrogen and oxygen atoms in total. The summed E-state index contributed by atoms with van der Waals surface area (Å²) in [6.45, 7) is 4.80. The first kappa shape index (κ1) is 14.6. The van der Waals surface area contributed by atoms with Crippen LogP contribution in [0, 0.1) is 0 Å². The number of aromatic carboxylic acids is 1. The van der Waals surface area contributed by atoms with Crippen LogP contribution >= 0.6 is 0 Å². The average Bonchev–Trinajstić information content (AvgIpc) is 2.39. The molecule has 3 N–H and O–H groups in total. The number of nitrogens with zero attached hydrogens (tertiary/aromatic N) is 1. The fourth-order valence-electron chi connectivity index (χ4n) is 1.62. The van der Waals surface area contributed by atoms with Crippen LogP contribution in [0.5, 0.6) is 0 Å². The summed E-state index contributed by atoms with van der Waals surface area (Å²) < 4.78 is 0. The van der Waals surface area contributed by atoms with Gasteiger partial charge in [-0.1, -0.05) is 19.9 Å². The summed E-state index contributed by atoms with van der Waals surface area (Å²) in [5, 5.41) is 22.0. The Hall–Kier alpha value is -1.46. The third kappa shape index (κ3) is 4.09. The Balaban J connectivity index is 2.54. The fraction of sp³-hybridized carbons (Fsp3) is 0.538. The van der Waals surface area contributed by atoms with E-state index in [-0.39, 0.29) is 5.69 Å². The zero-order valence-corrected chi connectivity index (χ0v) is 10.8. The summed E-state index contributed by atoms with van der Waals surface area (Å²) in [5.74, 6) is -1.03. The molecule has 1 aromatic rings. The first-order valence-corrected chi connectivity index (χ1v) is 6.13. The van der Waals surface area contributed by atoms with Crippen molar-refractivity contribution in [2.24, 2.45) is 0 Å². The summed E-state index contributed by atoms with van der Waals surface area (Å²) in [7, 11) is 0. The SMILES string of the molecule is CCC(O)(CC)CNCc1cccc(C(=O)O)n1. The van der Waals surface area contributed by atoms with Crippen molar-refractivity contribution in [3.63, 3.8) is 0 Å². The molecule has 1 heterocycles. The van der Waals surface area contributed by atoms with Crippen LogP contribution in [-0.4, -0.2) is 33.3 Å². The molecular formula is C13H20N2O3. The molecule has 0 aliphatic rings. The Morgan fingerprint density at radius 1 is 1.39 bits per heavy atom.